The highest BCUT2D eigenvalue weighted by Gasteiger charge is 2.33. The molecule has 2 saturated heterocycles. The van der Waals surface area contributed by atoms with E-state index in [1.165, 1.54) is 18.1 Å². The quantitative estimate of drug-likeness (QED) is 0.174. The van der Waals surface area contributed by atoms with Gasteiger partial charge in [-0.3, -0.25) is 29.3 Å². The summed E-state index contributed by atoms with van der Waals surface area (Å²) in [6.45, 7) is 3.42. The number of imide groups is 1. The predicted octanol–water partition coefficient (Wildman–Crippen LogP) is 7.03. The minimum Gasteiger partial charge on any atom is -0.494 e. The Bertz CT molecular complexity index is 2160. The van der Waals surface area contributed by atoms with Crippen molar-refractivity contribution in [2.45, 2.75) is 57.2 Å². The number of piperidine rings is 1. The molecular formula is C40H44ClF3N8O5. The minimum absolute atomic E-state index is 0.104. The Morgan fingerprint density at radius 2 is 1.70 bits per heavy atom. The van der Waals surface area contributed by atoms with E-state index in [1.807, 2.05) is 15.8 Å². The summed E-state index contributed by atoms with van der Waals surface area (Å²) in [6, 6.07) is 11.2. The number of alkyl halides is 3. The number of pyridine rings is 1. The highest BCUT2D eigenvalue weighted by molar-refractivity contribution is 6.34. The number of ether oxygens (including phenoxy) is 1. The molecule has 5 amide bonds. The number of halogens is 4. The number of carbonyl (C=O) groups is 4. The first kappa shape index (κ1) is 40.0. The molecule has 0 atom stereocenters. The number of likely N-dealkylation sites (tertiary alicyclic amines) is 1. The third-order valence-electron chi connectivity index (χ3n) is 11.1. The Hall–Kier alpha value is -5.22. The van der Waals surface area contributed by atoms with Gasteiger partial charge in [-0.1, -0.05) is 17.7 Å². The molecule has 0 unspecified atom stereocenters. The van der Waals surface area contributed by atoms with Crippen molar-refractivity contribution >= 4 is 57.6 Å². The lowest BCUT2D eigenvalue weighted by Gasteiger charge is -2.36. The molecule has 0 bridgehead atoms. The first-order chi connectivity index (χ1) is 27.2. The average Bonchev–Trinajstić information content (AvgIpc) is 3.61. The van der Waals surface area contributed by atoms with Crippen LogP contribution >= 0.6 is 11.6 Å². The number of fused-ring (bicyclic) bond motifs is 1. The van der Waals surface area contributed by atoms with Crippen molar-refractivity contribution in [1.29, 1.82) is 0 Å². The molecule has 17 heteroatoms. The van der Waals surface area contributed by atoms with Gasteiger partial charge in [-0.25, -0.2) is 9.78 Å². The summed E-state index contributed by atoms with van der Waals surface area (Å²) in [5, 5.41) is 10.8. The average molecular weight is 809 g/mol. The molecule has 57 heavy (non-hydrogen) atoms. The van der Waals surface area contributed by atoms with E-state index in [9.17, 15) is 32.3 Å². The van der Waals surface area contributed by atoms with Gasteiger partial charge in [0.1, 0.15) is 17.1 Å². The number of rotatable bonds is 10. The van der Waals surface area contributed by atoms with Crippen molar-refractivity contribution in [2.75, 3.05) is 57.1 Å². The van der Waals surface area contributed by atoms with Crippen molar-refractivity contribution in [2.24, 2.45) is 11.8 Å². The van der Waals surface area contributed by atoms with Gasteiger partial charge in [0.15, 0.2) is 0 Å². The number of nitrogens with one attached hydrogen (secondary N) is 2. The first-order valence-electron chi connectivity index (χ1n) is 19.1. The van der Waals surface area contributed by atoms with Gasteiger partial charge in [-0.05, 0) is 93.8 Å². The molecule has 7 rings (SSSR count). The number of aromatic nitrogens is 3. The van der Waals surface area contributed by atoms with E-state index in [-0.39, 0.29) is 36.5 Å². The Kier molecular flexibility index (Phi) is 11.7. The minimum atomic E-state index is -4.67. The van der Waals surface area contributed by atoms with Crippen molar-refractivity contribution < 1.29 is 37.1 Å². The van der Waals surface area contributed by atoms with Gasteiger partial charge >= 0.3 is 12.2 Å². The zero-order chi connectivity index (χ0) is 40.4. The molecule has 13 nitrogen and oxygen atoms in total. The maximum Gasteiger partial charge on any atom is 0.433 e. The van der Waals surface area contributed by atoms with Gasteiger partial charge in [0, 0.05) is 62.4 Å². The number of amides is 5. The molecule has 0 spiro atoms. The van der Waals surface area contributed by atoms with E-state index in [1.54, 1.807) is 30.3 Å². The largest absolute Gasteiger partial charge is 0.494 e. The summed E-state index contributed by atoms with van der Waals surface area (Å²) in [5.74, 6) is 0.115. The number of hydrogen-bond acceptors (Lipinski definition) is 8. The highest BCUT2D eigenvalue weighted by Crippen LogP contribution is 2.36. The van der Waals surface area contributed by atoms with Gasteiger partial charge in [0.25, 0.3) is 11.8 Å². The number of urea groups is 1. The van der Waals surface area contributed by atoms with Crippen molar-refractivity contribution in [1.82, 2.24) is 29.9 Å². The lowest BCUT2D eigenvalue weighted by atomic mass is 9.85. The van der Waals surface area contributed by atoms with Crippen molar-refractivity contribution in [3.05, 3.63) is 76.7 Å². The lowest BCUT2D eigenvalue weighted by molar-refractivity contribution is -0.141. The molecule has 4 aromatic rings. The van der Waals surface area contributed by atoms with Crippen LogP contribution in [0.5, 0.6) is 5.75 Å². The molecule has 3 fully saturated rings. The maximum atomic E-state index is 13.5. The second-order valence-corrected chi connectivity index (χ2v) is 15.5. The standard InChI is InChI=1S/C40H44ClF3N8O5/c1-49(22-25-12-15-50(16-13-25)38(55)26-8-11-29(41)33(19-26)51-17-14-36(53)47-39(51)56)21-24-6-9-28(10-7-24)52-23-27-18-32(34(57-2)20-31(27)48-52)46-37(54)30-4-3-5-35(45-30)40(42,43)44/h3-5,8,11,18-20,23-25,28H,6-7,9-10,12-17,21-22H2,1-2H3,(H,46,54)(H,47,53,56)/t24-,28-. The van der Waals surface area contributed by atoms with E-state index in [0.29, 0.717) is 58.2 Å². The van der Waals surface area contributed by atoms with Crippen LogP contribution in [0.4, 0.5) is 29.3 Å². The Morgan fingerprint density at radius 1 is 0.982 bits per heavy atom. The van der Waals surface area contributed by atoms with Crippen molar-refractivity contribution in [3.8, 4) is 5.75 Å². The number of carbonyl (C=O) groups excluding carboxylic acids is 4. The summed E-state index contributed by atoms with van der Waals surface area (Å²) in [7, 11) is 3.61. The summed E-state index contributed by atoms with van der Waals surface area (Å²) >= 11 is 6.39. The third kappa shape index (κ3) is 9.17. The number of nitrogens with zero attached hydrogens (tertiary/aromatic N) is 6. The third-order valence-corrected chi connectivity index (χ3v) is 11.5. The molecule has 1 saturated carbocycles. The fraction of sp³-hybridized carbons (Fsp3) is 0.450. The molecule has 302 valence electrons. The van der Waals surface area contributed by atoms with Gasteiger partial charge in [-0.2, -0.15) is 18.3 Å². The topological polar surface area (TPSA) is 142 Å². The van der Waals surface area contributed by atoms with E-state index in [2.05, 4.69) is 27.6 Å². The van der Waals surface area contributed by atoms with E-state index < -0.39 is 23.8 Å². The predicted molar refractivity (Wildman–Crippen MR) is 208 cm³/mol. The lowest BCUT2D eigenvalue weighted by Crippen LogP contribution is -2.49. The van der Waals surface area contributed by atoms with Crippen LogP contribution in [-0.4, -0.2) is 95.2 Å². The molecule has 1 aliphatic carbocycles. The van der Waals surface area contributed by atoms with Crippen LogP contribution in [0.2, 0.25) is 5.02 Å². The Morgan fingerprint density at radius 3 is 2.39 bits per heavy atom. The molecule has 4 heterocycles. The SMILES string of the molecule is COc1cc2nn([C@H]3CC[C@H](CN(C)CC4CCN(C(=O)c5ccc(Cl)c(N6CCC(=O)NC6=O)c5)CC4)CC3)cc2cc1NC(=O)c1cccc(C(F)(F)F)n1. The number of hydrogen-bond donors (Lipinski definition) is 2. The van der Waals surface area contributed by atoms with E-state index in [0.717, 1.165) is 69.1 Å². The zero-order valence-electron chi connectivity index (χ0n) is 31.6. The number of anilines is 2. The smallest absolute Gasteiger partial charge is 0.433 e. The summed E-state index contributed by atoms with van der Waals surface area (Å²) in [5.41, 5.74) is 0.343. The summed E-state index contributed by atoms with van der Waals surface area (Å²) in [6.07, 6.45) is 3.23. The molecule has 2 aromatic heterocycles. The summed E-state index contributed by atoms with van der Waals surface area (Å²) < 4.78 is 46.9. The molecular weight excluding hydrogens is 765 g/mol. The monoisotopic (exact) mass is 808 g/mol. The van der Waals surface area contributed by atoms with Gasteiger partial charge < -0.3 is 19.9 Å². The fourth-order valence-electron chi connectivity index (χ4n) is 8.13. The fourth-order valence-corrected chi connectivity index (χ4v) is 8.35. The molecule has 2 aliphatic heterocycles. The zero-order valence-corrected chi connectivity index (χ0v) is 32.4. The van der Waals surface area contributed by atoms with Gasteiger partial charge in [-0.15, -0.1) is 0 Å². The Balaban J connectivity index is 0.882. The second-order valence-electron chi connectivity index (χ2n) is 15.1. The van der Waals surface area contributed by atoms with Crippen LogP contribution in [0.3, 0.4) is 0 Å². The Labute approximate surface area is 332 Å². The van der Waals surface area contributed by atoms with Crippen LogP contribution < -0.4 is 20.3 Å². The van der Waals surface area contributed by atoms with Crippen LogP contribution in [0.25, 0.3) is 10.9 Å². The van der Waals surface area contributed by atoms with Gasteiger partial charge in [0.2, 0.25) is 5.91 Å². The van der Waals surface area contributed by atoms with Crippen molar-refractivity contribution in [3.63, 3.8) is 0 Å². The molecule has 2 aromatic carbocycles. The van der Waals surface area contributed by atoms with Crippen LogP contribution in [0, 0.1) is 11.8 Å². The van der Waals surface area contributed by atoms with E-state index >= 15 is 0 Å². The number of benzene rings is 2. The highest BCUT2D eigenvalue weighted by atomic mass is 35.5. The molecule has 2 N–H and O–H groups in total. The molecule has 3 aliphatic rings. The summed E-state index contributed by atoms with van der Waals surface area (Å²) in [4.78, 5) is 59.5. The van der Waals surface area contributed by atoms with Crippen LogP contribution in [-0.2, 0) is 11.0 Å². The van der Waals surface area contributed by atoms with Crippen LogP contribution in [0.1, 0.15) is 77.5 Å². The first-order valence-corrected chi connectivity index (χ1v) is 19.4. The van der Waals surface area contributed by atoms with Crippen LogP contribution in [0.15, 0.2) is 54.7 Å². The van der Waals surface area contributed by atoms with E-state index in [4.69, 9.17) is 21.4 Å². The molecule has 0 radical (unpaired) electrons. The normalized spacial score (nSPS) is 19.6. The number of methoxy groups -OCH3 is 1. The van der Waals surface area contributed by atoms with Gasteiger partial charge in [0.05, 0.1) is 35.1 Å². The second kappa shape index (κ2) is 16.7. The maximum absolute atomic E-state index is 13.5.